The molecular weight excluding hydrogens is 436 g/mol. The van der Waals surface area contributed by atoms with Gasteiger partial charge in [0.2, 0.25) is 0 Å². The average molecular weight is 461 g/mol. The van der Waals surface area contributed by atoms with Crippen LogP contribution in [0.3, 0.4) is 0 Å². The second-order valence-corrected chi connectivity index (χ2v) is 8.74. The fourth-order valence-electron chi connectivity index (χ4n) is 3.67. The normalized spacial score (nSPS) is 16.0. The topological polar surface area (TPSA) is 85.2 Å². The smallest absolute Gasteiger partial charge is 0.271 e. The van der Waals surface area contributed by atoms with Crippen LogP contribution in [0.2, 0.25) is 0 Å². The summed E-state index contributed by atoms with van der Waals surface area (Å²) in [5.74, 6) is 0.722. The van der Waals surface area contributed by atoms with Crippen molar-refractivity contribution in [1.82, 2.24) is 25.1 Å². The summed E-state index contributed by atoms with van der Waals surface area (Å²) in [6.45, 7) is 4.84. The maximum Gasteiger partial charge on any atom is 0.271 e. The number of benzene rings is 1. The van der Waals surface area contributed by atoms with Crippen LogP contribution in [-0.4, -0.2) is 51.5 Å². The molecule has 1 atom stereocenters. The minimum atomic E-state index is -0.209. The van der Waals surface area contributed by atoms with Gasteiger partial charge in [-0.05, 0) is 30.7 Å². The van der Waals surface area contributed by atoms with Gasteiger partial charge in [0.15, 0.2) is 0 Å². The van der Waals surface area contributed by atoms with Gasteiger partial charge in [0.25, 0.3) is 5.91 Å². The molecule has 1 N–H and O–H groups in total. The lowest BCUT2D eigenvalue weighted by Gasteiger charge is -2.32. The Kier molecular flexibility index (Phi) is 6.14. The van der Waals surface area contributed by atoms with Gasteiger partial charge in [-0.1, -0.05) is 24.3 Å². The highest BCUT2D eigenvalue weighted by molar-refractivity contribution is 7.13. The fourth-order valence-corrected chi connectivity index (χ4v) is 4.45. The molecule has 1 aliphatic rings. The molecule has 4 heterocycles. The van der Waals surface area contributed by atoms with Gasteiger partial charge in [0.1, 0.15) is 16.5 Å². The predicted octanol–water partition coefficient (Wildman–Crippen LogP) is 3.55. The molecule has 0 aliphatic carbocycles. The van der Waals surface area contributed by atoms with E-state index >= 15 is 0 Å². The number of nitrogens with one attached hydrogen (secondary N) is 1. The van der Waals surface area contributed by atoms with Crippen molar-refractivity contribution in [3.05, 3.63) is 77.7 Å². The van der Waals surface area contributed by atoms with E-state index in [1.54, 1.807) is 22.5 Å². The van der Waals surface area contributed by atoms with Gasteiger partial charge < -0.3 is 15.0 Å². The number of morpholine rings is 1. The molecule has 33 heavy (non-hydrogen) atoms. The van der Waals surface area contributed by atoms with Gasteiger partial charge >= 0.3 is 0 Å². The summed E-state index contributed by atoms with van der Waals surface area (Å²) in [6.07, 6.45) is 5.68. The van der Waals surface area contributed by atoms with Gasteiger partial charge in [-0.2, -0.15) is 5.10 Å². The van der Waals surface area contributed by atoms with Crippen molar-refractivity contribution in [2.75, 3.05) is 24.6 Å². The number of para-hydroxylation sites is 1. The molecule has 1 aromatic carbocycles. The predicted molar refractivity (Wildman–Crippen MR) is 128 cm³/mol. The van der Waals surface area contributed by atoms with Gasteiger partial charge in [-0.3, -0.25) is 4.79 Å². The number of carbonyl (C=O) groups is 1. The first-order chi connectivity index (χ1) is 16.2. The monoisotopic (exact) mass is 460 g/mol. The van der Waals surface area contributed by atoms with Gasteiger partial charge in [0, 0.05) is 43.0 Å². The van der Waals surface area contributed by atoms with Crippen molar-refractivity contribution in [3.8, 4) is 16.3 Å². The highest BCUT2D eigenvalue weighted by Gasteiger charge is 2.18. The lowest BCUT2D eigenvalue weighted by molar-refractivity contribution is 0.0529. The zero-order valence-electron chi connectivity index (χ0n) is 18.2. The third kappa shape index (κ3) is 4.94. The number of nitrogens with zero attached hydrogens (tertiary/aromatic N) is 5. The van der Waals surface area contributed by atoms with Crippen molar-refractivity contribution in [3.63, 3.8) is 0 Å². The van der Waals surface area contributed by atoms with Crippen LogP contribution in [0.15, 0.2) is 66.4 Å². The molecule has 0 radical (unpaired) electrons. The number of ether oxygens (including phenoxy) is 1. The molecule has 5 rings (SSSR count). The molecule has 1 fully saturated rings. The van der Waals surface area contributed by atoms with Crippen molar-refractivity contribution in [2.45, 2.75) is 19.6 Å². The van der Waals surface area contributed by atoms with Crippen molar-refractivity contribution >= 4 is 23.1 Å². The summed E-state index contributed by atoms with van der Waals surface area (Å²) < 4.78 is 7.38. The van der Waals surface area contributed by atoms with Crippen LogP contribution in [-0.2, 0) is 11.3 Å². The number of hydrogen-bond acceptors (Lipinski definition) is 7. The Morgan fingerprint density at radius 1 is 1.21 bits per heavy atom. The summed E-state index contributed by atoms with van der Waals surface area (Å²) in [5.41, 5.74) is 3.18. The van der Waals surface area contributed by atoms with Crippen LogP contribution >= 0.6 is 11.3 Å². The highest BCUT2D eigenvalue weighted by atomic mass is 32.1. The summed E-state index contributed by atoms with van der Waals surface area (Å²) in [5, 5.41) is 9.86. The summed E-state index contributed by atoms with van der Waals surface area (Å²) in [6, 6.07) is 13.9. The molecule has 1 unspecified atom stereocenters. The molecule has 168 valence electrons. The van der Waals surface area contributed by atoms with Crippen LogP contribution in [0.1, 0.15) is 23.0 Å². The molecule has 0 spiro atoms. The summed E-state index contributed by atoms with van der Waals surface area (Å²) in [4.78, 5) is 23.9. The Balaban J connectivity index is 1.19. The second kappa shape index (κ2) is 9.51. The third-order valence-electron chi connectivity index (χ3n) is 5.41. The highest BCUT2D eigenvalue weighted by Crippen LogP contribution is 2.24. The van der Waals surface area contributed by atoms with Crippen LogP contribution in [0.25, 0.3) is 16.3 Å². The molecule has 0 bridgehead atoms. The minimum absolute atomic E-state index is 0.204. The van der Waals surface area contributed by atoms with E-state index in [0.29, 0.717) is 18.8 Å². The molecule has 1 saturated heterocycles. The number of aromatic nitrogens is 4. The SMILES string of the molecule is CC1CN(c2ccc(CNC(=O)c3csc(-c4cnn(-c5ccccc5)c4)n3)cn2)CCO1. The molecule has 8 nitrogen and oxygen atoms in total. The zero-order chi connectivity index (χ0) is 22.6. The Labute approximate surface area is 195 Å². The molecule has 4 aromatic rings. The number of rotatable bonds is 6. The van der Waals surface area contributed by atoms with E-state index in [-0.39, 0.29) is 12.0 Å². The van der Waals surface area contributed by atoms with Crippen molar-refractivity contribution < 1.29 is 9.53 Å². The largest absolute Gasteiger partial charge is 0.375 e. The second-order valence-electron chi connectivity index (χ2n) is 7.88. The van der Waals surface area contributed by atoms with E-state index in [0.717, 1.165) is 40.7 Å². The molecule has 3 aromatic heterocycles. The third-order valence-corrected chi connectivity index (χ3v) is 6.31. The Bertz CT molecular complexity index is 1220. The van der Waals surface area contributed by atoms with E-state index in [1.807, 2.05) is 48.7 Å². The van der Waals surface area contributed by atoms with Gasteiger partial charge in [0.05, 0.1) is 24.6 Å². The molecule has 9 heteroatoms. The van der Waals surface area contributed by atoms with Crippen LogP contribution in [0.4, 0.5) is 5.82 Å². The Morgan fingerprint density at radius 2 is 2.09 bits per heavy atom. The average Bonchev–Trinajstić information content (AvgIpc) is 3.54. The van der Waals surface area contributed by atoms with Crippen molar-refractivity contribution in [2.24, 2.45) is 0 Å². The van der Waals surface area contributed by atoms with Gasteiger partial charge in [-0.25, -0.2) is 14.6 Å². The lowest BCUT2D eigenvalue weighted by atomic mass is 10.2. The van der Waals surface area contributed by atoms with E-state index in [1.165, 1.54) is 11.3 Å². The number of thiazole rings is 1. The number of amides is 1. The first kappa shape index (κ1) is 21.3. The summed E-state index contributed by atoms with van der Waals surface area (Å²) in [7, 11) is 0. The maximum absolute atomic E-state index is 12.6. The first-order valence-electron chi connectivity index (χ1n) is 10.8. The molecule has 1 amide bonds. The molecule has 1 aliphatic heterocycles. The van der Waals surface area contributed by atoms with Crippen molar-refractivity contribution in [1.29, 1.82) is 0 Å². The van der Waals surface area contributed by atoms with E-state index < -0.39 is 0 Å². The number of hydrogen-bond donors (Lipinski definition) is 1. The molecule has 0 saturated carbocycles. The van der Waals surface area contributed by atoms with Gasteiger partial charge in [-0.15, -0.1) is 11.3 Å². The maximum atomic E-state index is 12.6. The summed E-state index contributed by atoms with van der Waals surface area (Å²) >= 11 is 1.43. The number of carbonyl (C=O) groups excluding carboxylic acids is 1. The minimum Gasteiger partial charge on any atom is -0.375 e. The number of anilines is 1. The van der Waals surface area contributed by atoms with Crippen LogP contribution in [0, 0.1) is 0 Å². The molecular formula is C24H24N6O2S. The zero-order valence-corrected chi connectivity index (χ0v) is 19.0. The van der Waals surface area contributed by atoms with E-state index in [2.05, 4.69) is 32.2 Å². The Morgan fingerprint density at radius 3 is 2.88 bits per heavy atom. The van der Waals surface area contributed by atoms with Crippen LogP contribution < -0.4 is 10.2 Å². The fraction of sp³-hybridized carbons (Fsp3) is 0.250. The quantitative estimate of drug-likeness (QED) is 0.474. The number of pyridine rings is 1. The van der Waals surface area contributed by atoms with Crippen LogP contribution in [0.5, 0.6) is 0 Å². The first-order valence-corrected chi connectivity index (χ1v) is 11.7. The van der Waals surface area contributed by atoms with E-state index in [9.17, 15) is 4.79 Å². The Hall–Kier alpha value is -3.56. The van der Waals surface area contributed by atoms with E-state index in [4.69, 9.17) is 4.74 Å². The lowest BCUT2D eigenvalue weighted by Crippen LogP contribution is -2.41. The standard InChI is InChI=1S/C24H24N6O2S/c1-17-14-29(9-10-32-17)22-8-7-18(11-25-22)12-26-23(31)21-16-33-24(28-21)19-13-27-30(15-19)20-5-3-2-4-6-20/h2-8,11,13,15-17H,9-10,12,14H2,1H3,(H,26,31).